The summed E-state index contributed by atoms with van der Waals surface area (Å²) in [5.41, 5.74) is 5.42. The number of rotatable bonds is 5. The van der Waals surface area contributed by atoms with Crippen molar-refractivity contribution >= 4 is 28.9 Å². The van der Waals surface area contributed by atoms with E-state index in [9.17, 15) is 19.2 Å². The molecule has 0 spiro atoms. The lowest BCUT2D eigenvalue weighted by Crippen LogP contribution is -2.42. The van der Waals surface area contributed by atoms with Gasteiger partial charge in [0.2, 0.25) is 5.78 Å². The van der Waals surface area contributed by atoms with Crippen molar-refractivity contribution in [3.63, 3.8) is 0 Å². The Kier molecular flexibility index (Phi) is 5.27. The van der Waals surface area contributed by atoms with Gasteiger partial charge in [-0.25, -0.2) is 9.59 Å². The molecule has 28 heavy (non-hydrogen) atoms. The Morgan fingerprint density at radius 3 is 2.43 bits per heavy atom. The fourth-order valence-corrected chi connectivity index (χ4v) is 3.51. The number of hydrogen-bond donors (Lipinski definition) is 1. The van der Waals surface area contributed by atoms with Gasteiger partial charge in [-0.05, 0) is 17.0 Å². The van der Waals surface area contributed by atoms with Crippen LogP contribution in [0.3, 0.4) is 0 Å². The van der Waals surface area contributed by atoms with E-state index in [4.69, 9.17) is 10.5 Å². The summed E-state index contributed by atoms with van der Waals surface area (Å²) in [6.07, 6.45) is 0. The van der Waals surface area contributed by atoms with E-state index in [1.165, 1.54) is 25.4 Å². The molecule has 0 aliphatic rings. The van der Waals surface area contributed by atoms with Gasteiger partial charge in [-0.15, -0.1) is 11.3 Å². The van der Waals surface area contributed by atoms with Gasteiger partial charge in [-0.3, -0.25) is 18.7 Å². The third kappa shape index (κ3) is 3.39. The maximum atomic E-state index is 12.5. The Labute approximate surface area is 163 Å². The fraction of sp³-hybridized carbons (Fsp3) is 0.158. The molecule has 0 aliphatic heterocycles. The molecule has 0 saturated heterocycles. The molecular formula is C19H17N3O5S. The Morgan fingerprint density at radius 1 is 1.07 bits per heavy atom. The highest BCUT2D eigenvalue weighted by atomic mass is 32.1. The normalized spacial score (nSPS) is 10.6. The minimum Gasteiger partial charge on any atom is -0.453 e. The summed E-state index contributed by atoms with van der Waals surface area (Å²) < 4.78 is 6.88. The summed E-state index contributed by atoms with van der Waals surface area (Å²) in [4.78, 5) is 49.3. The van der Waals surface area contributed by atoms with Gasteiger partial charge in [0.05, 0.1) is 0 Å². The zero-order valence-electron chi connectivity index (χ0n) is 15.2. The molecule has 2 N–H and O–H groups in total. The van der Waals surface area contributed by atoms with E-state index in [0.29, 0.717) is 10.4 Å². The summed E-state index contributed by atoms with van der Waals surface area (Å²) in [7, 11) is 2.59. The Balaban J connectivity index is 1.82. The molecule has 0 amide bonds. The van der Waals surface area contributed by atoms with Crippen LogP contribution in [-0.4, -0.2) is 27.5 Å². The van der Waals surface area contributed by atoms with Crippen molar-refractivity contribution in [1.29, 1.82) is 0 Å². The van der Waals surface area contributed by atoms with E-state index in [0.717, 1.165) is 14.7 Å². The second-order valence-electron chi connectivity index (χ2n) is 5.99. The fourth-order valence-electron chi connectivity index (χ4n) is 2.70. The van der Waals surface area contributed by atoms with E-state index < -0.39 is 29.6 Å². The van der Waals surface area contributed by atoms with Crippen LogP contribution in [0.1, 0.15) is 20.0 Å². The lowest BCUT2D eigenvalue weighted by atomic mass is 10.1. The molecule has 3 rings (SSSR count). The molecule has 1 aromatic carbocycles. The van der Waals surface area contributed by atoms with Crippen LogP contribution >= 0.6 is 11.3 Å². The van der Waals surface area contributed by atoms with Gasteiger partial charge in [0.25, 0.3) is 5.56 Å². The van der Waals surface area contributed by atoms with Crippen molar-refractivity contribution in [2.75, 3.05) is 12.3 Å². The summed E-state index contributed by atoms with van der Waals surface area (Å²) in [5.74, 6) is -1.72. The molecule has 0 radical (unpaired) electrons. The second kappa shape index (κ2) is 7.65. The van der Waals surface area contributed by atoms with Gasteiger partial charge >= 0.3 is 11.7 Å². The van der Waals surface area contributed by atoms with Crippen LogP contribution in [0.4, 0.5) is 5.82 Å². The average Bonchev–Trinajstić information content (AvgIpc) is 3.20. The molecule has 3 aromatic rings. The second-order valence-corrected chi connectivity index (χ2v) is 6.91. The standard InChI is InChI=1S/C19H17N3O5S/c1-21-16(20)14(17(24)22(2)19(21)26)13(23)10-27-18(25)15-12(8-9-28-15)11-6-4-3-5-7-11/h3-9H,10,20H2,1-2H3. The summed E-state index contributed by atoms with van der Waals surface area (Å²) in [6.45, 7) is -0.664. The molecule has 0 fully saturated rings. The first-order chi connectivity index (χ1) is 13.3. The van der Waals surface area contributed by atoms with Crippen molar-refractivity contribution in [3.05, 3.63) is 73.1 Å². The highest BCUT2D eigenvalue weighted by Gasteiger charge is 2.23. The Morgan fingerprint density at radius 2 is 1.75 bits per heavy atom. The third-order valence-corrected chi connectivity index (χ3v) is 5.15. The number of aromatic nitrogens is 2. The number of carbonyl (C=O) groups excluding carboxylic acids is 2. The van der Waals surface area contributed by atoms with Crippen molar-refractivity contribution in [2.24, 2.45) is 14.1 Å². The first kappa shape index (κ1) is 19.3. The molecule has 0 unspecified atom stereocenters. The first-order valence-corrected chi connectivity index (χ1v) is 9.09. The lowest BCUT2D eigenvalue weighted by molar-refractivity contribution is 0.0479. The molecule has 2 aromatic heterocycles. The monoisotopic (exact) mass is 399 g/mol. The van der Waals surface area contributed by atoms with Crippen molar-refractivity contribution in [2.45, 2.75) is 0 Å². The van der Waals surface area contributed by atoms with E-state index in [1.807, 2.05) is 30.3 Å². The SMILES string of the molecule is Cn1c(N)c(C(=O)COC(=O)c2sccc2-c2ccccc2)c(=O)n(C)c1=O. The number of ketones is 1. The number of benzene rings is 1. The number of nitrogens with zero attached hydrogens (tertiary/aromatic N) is 2. The molecule has 0 atom stereocenters. The lowest BCUT2D eigenvalue weighted by Gasteiger charge is -2.11. The third-order valence-electron chi connectivity index (χ3n) is 4.26. The first-order valence-electron chi connectivity index (χ1n) is 8.21. The van der Waals surface area contributed by atoms with Crippen molar-refractivity contribution in [1.82, 2.24) is 9.13 Å². The van der Waals surface area contributed by atoms with E-state index in [-0.39, 0.29) is 11.4 Å². The van der Waals surface area contributed by atoms with Gasteiger partial charge in [-0.2, -0.15) is 0 Å². The minimum atomic E-state index is -0.831. The zero-order chi connectivity index (χ0) is 20.4. The summed E-state index contributed by atoms with van der Waals surface area (Å²) >= 11 is 1.19. The van der Waals surface area contributed by atoms with Crippen LogP contribution in [0.5, 0.6) is 0 Å². The van der Waals surface area contributed by atoms with Crippen LogP contribution in [0.2, 0.25) is 0 Å². The summed E-state index contributed by atoms with van der Waals surface area (Å²) in [6, 6.07) is 11.1. The predicted octanol–water partition coefficient (Wildman–Crippen LogP) is 1.43. The molecule has 0 bridgehead atoms. The Bertz CT molecular complexity index is 1170. The largest absolute Gasteiger partial charge is 0.453 e. The average molecular weight is 399 g/mol. The van der Waals surface area contributed by atoms with E-state index in [2.05, 4.69) is 0 Å². The molecule has 9 heteroatoms. The quantitative estimate of drug-likeness (QED) is 0.513. The molecule has 144 valence electrons. The number of anilines is 1. The molecular weight excluding hydrogens is 382 g/mol. The van der Waals surface area contributed by atoms with Gasteiger partial charge in [-0.1, -0.05) is 30.3 Å². The number of esters is 1. The molecule has 8 nitrogen and oxygen atoms in total. The Hall–Kier alpha value is -3.46. The smallest absolute Gasteiger partial charge is 0.349 e. The highest BCUT2D eigenvalue weighted by molar-refractivity contribution is 7.12. The number of carbonyl (C=O) groups is 2. The number of ether oxygens (including phenoxy) is 1. The van der Waals surface area contributed by atoms with Crippen LogP contribution < -0.4 is 17.0 Å². The molecule has 0 aliphatic carbocycles. The maximum Gasteiger partial charge on any atom is 0.349 e. The van der Waals surface area contributed by atoms with Crippen LogP contribution in [0, 0.1) is 0 Å². The number of nitrogen functional groups attached to an aromatic ring is 1. The zero-order valence-corrected chi connectivity index (χ0v) is 16.0. The number of nitrogens with two attached hydrogens (primary N) is 1. The minimum absolute atomic E-state index is 0.268. The van der Waals surface area contributed by atoms with Crippen molar-refractivity contribution in [3.8, 4) is 11.1 Å². The van der Waals surface area contributed by atoms with Crippen LogP contribution in [0.15, 0.2) is 51.4 Å². The highest BCUT2D eigenvalue weighted by Crippen LogP contribution is 2.28. The van der Waals surface area contributed by atoms with Gasteiger partial charge in [0, 0.05) is 19.7 Å². The van der Waals surface area contributed by atoms with Gasteiger partial charge in [0.1, 0.15) is 16.3 Å². The number of Topliss-reactive ketones (excluding diaryl/α,β-unsaturated/α-hetero) is 1. The number of thiophene rings is 1. The summed E-state index contributed by atoms with van der Waals surface area (Å²) in [5, 5.41) is 1.75. The predicted molar refractivity (Wildman–Crippen MR) is 106 cm³/mol. The van der Waals surface area contributed by atoms with Crippen molar-refractivity contribution < 1.29 is 14.3 Å². The van der Waals surface area contributed by atoms with E-state index >= 15 is 0 Å². The topological polar surface area (TPSA) is 113 Å². The van der Waals surface area contributed by atoms with Crippen LogP contribution in [-0.2, 0) is 18.8 Å². The maximum absolute atomic E-state index is 12.5. The molecule has 0 saturated carbocycles. The van der Waals surface area contributed by atoms with Crippen LogP contribution in [0.25, 0.3) is 11.1 Å². The van der Waals surface area contributed by atoms with Gasteiger partial charge in [0.15, 0.2) is 6.61 Å². The number of hydrogen-bond acceptors (Lipinski definition) is 7. The molecule has 2 heterocycles. The van der Waals surface area contributed by atoms with E-state index in [1.54, 1.807) is 11.4 Å². The van der Waals surface area contributed by atoms with Gasteiger partial charge < -0.3 is 10.5 Å².